The number of fused-ring (bicyclic) bond motifs is 2. The highest BCUT2D eigenvalue weighted by atomic mass is 16.3. The molecule has 3 rings (SSSR count). The Kier molecular flexibility index (Phi) is 2.05. The van der Waals surface area contributed by atoms with Crippen molar-refractivity contribution in [3.05, 3.63) is 57.7 Å². The highest BCUT2D eigenvalue weighted by molar-refractivity contribution is 5.83. The van der Waals surface area contributed by atoms with E-state index in [0.29, 0.717) is 11.3 Å². The lowest BCUT2D eigenvalue weighted by Gasteiger charge is -2.09. The van der Waals surface area contributed by atoms with Crippen LogP contribution in [0.2, 0.25) is 0 Å². The zero-order valence-corrected chi connectivity index (χ0v) is 9.78. The minimum atomic E-state index is 0.0644. The standard InChI is InChI=1S/C15H12O2/c1-9-7-14-12(15(16)10(9)2)8-11-5-3-4-6-13(11)17-14/h3-8H,1-2H3. The van der Waals surface area contributed by atoms with E-state index in [0.717, 1.165) is 22.1 Å². The summed E-state index contributed by atoms with van der Waals surface area (Å²) in [6.07, 6.45) is 0. The predicted octanol–water partition coefficient (Wildman–Crippen LogP) is 3.51. The van der Waals surface area contributed by atoms with Crippen molar-refractivity contribution in [1.82, 2.24) is 0 Å². The van der Waals surface area contributed by atoms with Crippen molar-refractivity contribution in [2.45, 2.75) is 13.8 Å². The average molecular weight is 224 g/mol. The van der Waals surface area contributed by atoms with E-state index in [9.17, 15) is 4.79 Å². The van der Waals surface area contributed by atoms with Gasteiger partial charge in [-0.3, -0.25) is 4.79 Å². The lowest BCUT2D eigenvalue weighted by molar-refractivity contribution is 0.618. The molecule has 0 bridgehead atoms. The molecule has 0 saturated heterocycles. The molecule has 2 heteroatoms. The molecule has 1 aromatic rings. The molecular formula is C15H12O2. The van der Waals surface area contributed by atoms with Crippen LogP contribution < -0.4 is 5.43 Å². The lowest BCUT2D eigenvalue weighted by Crippen LogP contribution is -2.10. The molecule has 0 N–H and O–H groups in total. The molecule has 0 unspecified atom stereocenters. The first-order chi connectivity index (χ1) is 8.16. The van der Waals surface area contributed by atoms with Gasteiger partial charge in [-0.2, -0.15) is 0 Å². The third-order valence-electron chi connectivity index (χ3n) is 3.23. The molecule has 1 heterocycles. The quantitative estimate of drug-likeness (QED) is 0.547. The summed E-state index contributed by atoms with van der Waals surface area (Å²) in [4.78, 5) is 12.1. The molecule has 17 heavy (non-hydrogen) atoms. The summed E-state index contributed by atoms with van der Waals surface area (Å²) in [6, 6.07) is 11.6. The van der Waals surface area contributed by atoms with E-state index >= 15 is 0 Å². The highest BCUT2D eigenvalue weighted by Crippen LogP contribution is 2.27. The molecule has 1 aliphatic heterocycles. The van der Waals surface area contributed by atoms with Gasteiger partial charge in [0.15, 0.2) is 5.43 Å². The van der Waals surface area contributed by atoms with Gasteiger partial charge in [0.1, 0.15) is 11.3 Å². The van der Waals surface area contributed by atoms with Gasteiger partial charge in [0.05, 0.1) is 5.56 Å². The Labute approximate surface area is 98.8 Å². The minimum absolute atomic E-state index is 0.0644. The van der Waals surface area contributed by atoms with Crippen LogP contribution in [0.3, 0.4) is 0 Å². The van der Waals surface area contributed by atoms with Gasteiger partial charge < -0.3 is 4.42 Å². The Morgan fingerprint density at radius 3 is 2.65 bits per heavy atom. The van der Waals surface area contributed by atoms with Crippen molar-refractivity contribution in [3.63, 3.8) is 0 Å². The first kappa shape index (κ1) is 10.1. The van der Waals surface area contributed by atoms with Gasteiger partial charge in [-0.05, 0) is 37.6 Å². The Morgan fingerprint density at radius 2 is 1.82 bits per heavy atom. The summed E-state index contributed by atoms with van der Waals surface area (Å²) < 4.78 is 5.76. The molecule has 0 aromatic heterocycles. The van der Waals surface area contributed by atoms with Crippen LogP contribution in [0.15, 0.2) is 45.6 Å². The van der Waals surface area contributed by atoms with Crippen LogP contribution >= 0.6 is 0 Å². The fourth-order valence-electron chi connectivity index (χ4n) is 2.06. The van der Waals surface area contributed by atoms with Crippen molar-refractivity contribution < 1.29 is 4.42 Å². The molecule has 0 amide bonds. The van der Waals surface area contributed by atoms with Crippen molar-refractivity contribution in [3.8, 4) is 11.3 Å². The number of hydrogen-bond donors (Lipinski definition) is 0. The third kappa shape index (κ3) is 1.45. The molecule has 0 fully saturated rings. The molecular weight excluding hydrogens is 212 g/mol. The number of hydrogen-bond acceptors (Lipinski definition) is 2. The van der Waals surface area contributed by atoms with Crippen molar-refractivity contribution >= 4 is 11.0 Å². The normalized spacial score (nSPS) is 11.2. The summed E-state index contributed by atoms with van der Waals surface area (Å²) in [5.41, 5.74) is 3.30. The molecule has 0 saturated carbocycles. The first-order valence-corrected chi connectivity index (χ1v) is 5.59. The van der Waals surface area contributed by atoms with Gasteiger partial charge in [-0.15, -0.1) is 0 Å². The first-order valence-electron chi connectivity index (χ1n) is 5.59. The predicted molar refractivity (Wildman–Crippen MR) is 68.6 cm³/mol. The maximum Gasteiger partial charge on any atom is 0.192 e. The van der Waals surface area contributed by atoms with E-state index in [1.165, 1.54) is 0 Å². The van der Waals surface area contributed by atoms with Crippen LogP contribution in [0.4, 0.5) is 0 Å². The number of para-hydroxylation sites is 1. The second-order valence-electron chi connectivity index (χ2n) is 4.34. The van der Waals surface area contributed by atoms with Crippen LogP contribution in [-0.4, -0.2) is 0 Å². The Hall–Kier alpha value is -2.09. The smallest absolute Gasteiger partial charge is 0.192 e. The topological polar surface area (TPSA) is 30.2 Å². The fraction of sp³-hybridized carbons (Fsp3) is 0.133. The van der Waals surface area contributed by atoms with Crippen LogP contribution in [-0.2, 0) is 0 Å². The van der Waals surface area contributed by atoms with Gasteiger partial charge >= 0.3 is 0 Å². The molecule has 2 nitrogen and oxygen atoms in total. The summed E-state index contributed by atoms with van der Waals surface area (Å²) >= 11 is 0. The molecule has 84 valence electrons. The van der Waals surface area contributed by atoms with Crippen LogP contribution in [0.1, 0.15) is 11.1 Å². The van der Waals surface area contributed by atoms with Gasteiger partial charge in [-0.1, -0.05) is 18.2 Å². The van der Waals surface area contributed by atoms with Crippen LogP contribution in [0.25, 0.3) is 22.3 Å². The second kappa shape index (κ2) is 3.45. The van der Waals surface area contributed by atoms with Crippen LogP contribution in [0, 0.1) is 13.8 Å². The average Bonchev–Trinajstić information content (AvgIpc) is 2.34. The van der Waals surface area contributed by atoms with E-state index < -0.39 is 0 Å². The maximum atomic E-state index is 12.1. The molecule has 1 aromatic carbocycles. The number of benzene rings is 2. The Balaban J connectivity index is 2.53. The van der Waals surface area contributed by atoms with Crippen LogP contribution in [0.5, 0.6) is 0 Å². The largest absolute Gasteiger partial charge is 0.456 e. The Bertz CT molecular complexity index is 738. The third-order valence-corrected chi connectivity index (χ3v) is 3.23. The van der Waals surface area contributed by atoms with E-state index in [1.807, 2.05) is 50.2 Å². The molecule has 0 atom stereocenters. The van der Waals surface area contributed by atoms with E-state index in [-0.39, 0.29) is 5.43 Å². The monoisotopic (exact) mass is 224 g/mol. The number of rotatable bonds is 0. The van der Waals surface area contributed by atoms with E-state index in [1.54, 1.807) is 0 Å². The van der Waals surface area contributed by atoms with Crippen molar-refractivity contribution in [1.29, 1.82) is 0 Å². The van der Waals surface area contributed by atoms with Gasteiger partial charge in [0.25, 0.3) is 0 Å². The molecule has 2 aliphatic rings. The summed E-state index contributed by atoms with van der Waals surface area (Å²) in [5.74, 6) is 0.664. The van der Waals surface area contributed by atoms with Crippen molar-refractivity contribution in [2.75, 3.05) is 0 Å². The summed E-state index contributed by atoms with van der Waals surface area (Å²) in [5, 5.41) is 0.959. The zero-order chi connectivity index (χ0) is 12.0. The van der Waals surface area contributed by atoms with E-state index in [2.05, 4.69) is 0 Å². The zero-order valence-electron chi connectivity index (χ0n) is 9.78. The maximum absolute atomic E-state index is 12.1. The highest BCUT2D eigenvalue weighted by Gasteiger charge is 2.13. The summed E-state index contributed by atoms with van der Waals surface area (Å²) in [7, 11) is 0. The van der Waals surface area contributed by atoms with E-state index in [4.69, 9.17) is 4.42 Å². The molecule has 0 radical (unpaired) electrons. The second-order valence-corrected chi connectivity index (χ2v) is 4.34. The minimum Gasteiger partial charge on any atom is -0.456 e. The number of aryl methyl sites for hydroxylation is 1. The molecule has 0 spiro atoms. The van der Waals surface area contributed by atoms with Gasteiger partial charge in [-0.25, -0.2) is 0 Å². The van der Waals surface area contributed by atoms with Gasteiger partial charge in [0.2, 0.25) is 0 Å². The molecule has 1 aliphatic carbocycles. The van der Waals surface area contributed by atoms with Crippen molar-refractivity contribution in [2.24, 2.45) is 0 Å². The van der Waals surface area contributed by atoms with Gasteiger partial charge in [0, 0.05) is 10.9 Å². The Morgan fingerprint density at radius 1 is 1.06 bits per heavy atom. The lowest BCUT2D eigenvalue weighted by atomic mass is 10.0. The summed E-state index contributed by atoms with van der Waals surface area (Å²) in [6.45, 7) is 3.78. The fourth-order valence-corrected chi connectivity index (χ4v) is 2.06. The SMILES string of the molecule is Cc1cc2oc3ccccc3cc-2c(=O)c1C.